The number of carbonyl (C=O) groups excluding carboxylic acids is 4. The number of nitrogens with zero attached hydrogens (tertiary/aromatic N) is 1. The van der Waals surface area contributed by atoms with Crippen LogP contribution in [0.3, 0.4) is 0 Å². The Bertz CT molecular complexity index is 2720. The molecule has 4 N–H and O–H groups in total. The fourth-order valence-corrected chi connectivity index (χ4v) is 9.78. The fraction of sp³-hybridized carbons (Fsp3) is 0.585. The predicted molar refractivity (Wildman–Crippen MR) is 414 cm³/mol. The molecule has 1 heterocycles. The normalized spacial score (nSPS) is 11.8. The highest BCUT2D eigenvalue weighted by Gasteiger charge is 2.43. The summed E-state index contributed by atoms with van der Waals surface area (Å²) < 4.78 is 34.1. The van der Waals surface area contributed by atoms with Crippen molar-refractivity contribution in [1.82, 2.24) is 10.4 Å². The molecule has 3 amide bonds. The lowest BCUT2D eigenvalue weighted by Crippen LogP contribution is -2.32. The SMILES string of the molecule is CC.CC.CC.CC.CC.CC.CCC.CCC.CCCC.CC[C@H](C)N.COCCOCCCC1(CCCOCCOC)c2cc(-c3ccc(OCCCCNC(=O)CCC(=O)ON4C(=O)CCC4=O)cc3)ccc2-c2ccc(-c3ccc4c(c3)Cc3ccccc3-4)cc21.N=S. The molecular weight excluding hydrogens is 1230 g/mol. The maximum Gasteiger partial charge on any atom is 0.333 e. The minimum absolute atomic E-state index is 0.0187. The monoisotopic (exact) mass is 1370 g/mol. The van der Waals surface area contributed by atoms with Crippen LogP contribution in [-0.4, -0.2) is 102 Å². The summed E-state index contributed by atoms with van der Waals surface area (Å²) in [5.41, 5.74) is 20.4. The Hall–Kier alpha value is -6.20. The number of amides is 3. The van der Waals surface area contributed by atoms with Gasteiger partial charge in [-0.15, -0.1) is 5.06 Å². The Morgan fingerprint density at radius 1 is 0.536 bits per heavy atom. The fourth-order valence-electron chi connectivity index (χ4n) is 9.78. The molecule has 1 aliphatic heterocycles. The van der Waals surface area contributed by atoms with Crippen LogP contribution in [0.4, 0.5) is 0 Å². The van der Waals surface area contributed by atoms with Gasteiger partial charge in [-0.05, 0) is 149 Å². The van der Waals surface area contributed by atoms with E-state index in [9.17, 15) is 19.2 Å². The van der Waals surface area contributed by atoms with Gasteiger partial charge in [-0.25, -0.2) is 9.57 Å². The quantitative estimate of drug-likeness (QED) is 0.0312. The number of hydroxylamine groups is 2. The van der Waals surface area contributed by atoms with Gasteiger partial charge in [0.2, 0.25) is 5.91 Å². The van der Waals surface area contributed by atoms with Crippen molar-refractivity contribution < 1.29 is 47.7 Å². The largest absolute Gasteiger partial charge is 0.494 e. The molecule has 0 bridgehead atoms. The molecule has 15 heteroatoms. The molecule has 3 aliphatic rings. The average molecular weight is 1370 g/mol. The zero-order chi connectivity index (χ0) is 74.4. The van der Waals surface area contributed by atoms with E-state index in [2.05, 4.69) is 157 Å². The number of hydrogen-bond acceptors (Lipinski definition) is 13. The molecule has 8 rings (SSSR count). The third kappa shape index (κ3) is 36.5. The number of carbonyl (C=O) groups is 4. The molecule has 1 fully saturated rings. The van der Waals surface area contributed by atoms with Crippen LogP contribution < -0.4 is 15.8 Å². The van der Waals surface area contributed by atoms with Crippen molar-refractivity contribution in [3.8, 4) is 50.3 Å². The molecule has 97 heavy (non-hydrogen) atoms. The second kappa shape index (κ2) is 64.5. The summed E-state index contributed by atoms with van der Waals surface area (Å²) in [6.45, 7) is 45.4. The summed E-state index contributed by atoms with van der Waals surface area (Å²) in [5, 5.41) is 3.29. The van der Waals surface area contributed by atoms with Gasteiger partial charge in [-0.3, -0.25) is 14.4 Å². The van der Waals surface area contributed by atoms with Crippen molar-refractivity contribution in [2.24, 2.45) is 5.73 Å². The number of unbranched alkanes of at least 4 members (excludes halogenated alkanes) is 2. The molecule has 0 radical (unpaired) electrons. The number of nitrogens with two attached hydrogens (primary N) is 1. The van der Waals surface area contributed by atoms with Crippen LogP contribution >= 0.6 is 0 Å². The maximum absolute atomic E-state index is 12.3. The number of methoxy groups -OCH3 is 2. The van der Waals surface area contributed by atoms with Crippen molar-refractivity contribution in [3.63, 3.8) is 0 Å². The van der Waals surface area contributed by atoms with E-state index in [1.165, 1.54) is 81.3 Å². The minimum Gasteiger partial charge on any atom is -0.494 e. The zero-order valence-electron chi connectivity index (χ0n) is 64.9. The molecule has 0 unspecified atom stereocenters. The van der Waals surface area contributed by atoms with Crippen LogP contribution in [0.15, 0.2) is 103 Å². The molecule has 0 spiro atoms. The summed E-state index contributed by atoms with van der Waals surface area (Å²) in [7, 11) is 3.40. The molecule has 14 nitrogen and oxygen atoms in total. The van der Waals surface area contributed by atoms with Gasteiger partial charge >= 0.3 is 5.97 Å². The number of hydrogen-bond donors (Lipinski definition) is 3. The first kappa shape index (κ1) is 97.2. The maximum atomic E-state index is 12.3. The Morgan fingerprint density at radius 3 is 1.41 bits per heavy atom. The summed E-state index contributed by atoms with van der Waals surface area (Å²) >= 11 is 3.33. The summed E-state index contributed by atoms with van der Waals surface area (Å²) in [6, 6.07) is 38.3. The van der Waals surface area contributed by atoms with Crippen LogP contribution in [-0.2, 0) is 67.2 Å². The van der Waals surface area contributed by atoms with Gasteiger partial charge in [0.25, 0.3) is 11.8 Å². The number of fused-ring (bicyclic) bond motifs is 6. The third-order valence-electron chi connectivity index (χ3n) is 14.4. The van der Waals surface area contributed by atoms with Gasteiger partial charge in [-0.2, -0.15) is 0 Å². The number of nitrogens with one attached hydrogen (secondary N) is 2. The molecule has 5 aromatic carbocycles. The lowest BCUT2D eigenvalue weighted by molar-refractivity contribution is -0.197. The van der Waals surface area contributed by atoms with E-state index in [0.29, 0.717) is 76.7 Å². The lowest BCUT2D eigenvalue weighted by atomic mass is 9.70. The van der Waals surface area contributed by atoms with Crippen molar-refractivity contribution in [3.05, 3.63) is 125 Å². The van der Waals surface area contributed by atoms with Gasteiger partial charge in [-0.1, -0.05) is 236 Å². The van der Waals surface area contributed by atoms with Crippen molar-refractivity contribution >= 4 is 36.1 Å². The number of rotatable bonds is 28. The summed E-state index contributed by atoms with van der Waals surface area (Å²) in [6.07, 6.45) is 11.9. The van der Waals surface area contributed by atoms with E-state index in [-0.39, 0.29) is 37.0 Å². The van der Waals surface area contributed by atoms with E-state index < -0.39 is 17.8 Å². The molecule has 1 atom stereocenters. The molecule has 1 saturated heterocycles. The Kier molecular flexibility index (Phi) is 64.6. The standard InChI is InChI=1S/C56H62N2O10.C4H11N.C4H10.2C3H8.6C2H6.HNS/c1-63-31-33-65-28-7-25-56(26-8-29-66-34-32-64-2)50-37-41(14-19-48(50)49-20-15-42(38-51(49)56)40-13-18-47-44(35-40)36-43-9-3-4-10-46(43)47)39-11-16-45(17-12-39)67-30-6-5-27-57-52(59)21-24-55(62)68-58-53(60)22-23-54(58)61;1-3-4(2)5;1-3-4-2;2*1-3-2;7*1-2/h3-4,9-20,35,37-38H,5-8,21-34,36H2,1-2H3,(H,57,59);4H,3,5H2,1-2H3;3-4H2,1-2H3;2*3H2,1-2H3;6*1-2H3;1H/t;4-;;;;;;;;;;/m.0........../s1. The molecule has 5 aromatic rings. The van der Waals surface area contributed by atoms with Crippen molar-refractivity contribution in [2.75, 3.05) is 67.0 Å². The van der Waals surface area contributed by atoms with E-state index in [0.717, 1.165) is 55.4 Å². The molecule has 0 aromatic heterocycles. The molecule has 550 valence electrons. The predicted octanol–water partition coefficient (Wildman–Crippen LogP) is 21.2. The first-order valence-electron chi connectivity index (χ1n) is 37.0. The first-order chi connectivity index (χ1) is 47.3. The van der Waals surface area contributed by atoms with Crippen LogP contribution in [0.25, 0.3) is 44.5 Å². The molecule has 2 aliphatic carbocycles. The second-order valence-corrected chi connectivity index (χ2v) is 21.5. The van der Waals surface area contributed by atoms with Gasteiger partial charge in [0.1, 0.15) is 5.75 Å². The highest BCUT2D eigenvalue weighted by molar-refractivity contribution is 7.45. The Balaban J connectivity index is -0.00000129. The second-order valence-electron chi connectivity index (χ2n) is 21.5. The van der Waals surface area contributed by atoms with Crippen LogP contribution in [0.2, 0.25) is 0 Å². The van der Waals surface area contributed by atoms with E-state index in [4.69, 9.17) is 39.0 Å². The van der Waals surface area contributed by atoms with Gasteiger partial charge < -0.3 is 39.6 Å². The lowest BCUT2D eigenvalue weighted by Gasteiger charge is -2.33. The smallest absolute Gasteiger partial charge is 0.333 e. The minimum atomic E-state index is -0.795. The van der Waals surface area contributed by atoms with Gasteiger partial charge in [0.05, 0.1) is 39.5 Å². The number of benzene rings is 5. The summed E-state index contributed by atoms with van der Waals surface area (Å²) in [4.78, 5) is 52.4. The third-order valence-corrected chi connectivity index (χ3v) is 14.4. The van der Waals surface area contributed by atoms with Gasteiger partial charge in [0, 0.05) is 77.1 Å². The Labute approximate surface area is 596 Å². The Morgan fingerprint density at radius 2 is 0.959 bits per heavy atom. The highest BCUT2D eigenvalue weighted by Crippen LogP contribution is 2.55. The number of imide groups is 1. The topological polar surface area (TPSA) is 189 Å². The average Bonchev–Trinajstić information content (AvgIpc) is 1.56. The molecular formula is C82H136N4O10S. The van der Waals surface area contributed by atoms with Crippen LogP contribution in [0.5, 0.6) is 5.75 Å². The highest BCUT2D eigenvalue weighted by atomic mass is 32.1. The van der Waals surface area contributed by atoms with Gasteiger partial charge in [0.15, 0.2) is 0 Å². The number of ether oxygens (including phenoxy) is 5. The first-order valence-corrected chi connectivity index (χ1v) is 37.4. The molecule has 0 saturated carbocycles. The van der Waals surface area contributed by atoms with Crippen LogP contribution in [0.1, 0.15) is 257 Å². The van der Waals surface area contributed by atoms with E-state index in [1.807, 2.05) is 102 Å². The van der Waals surface area contributed by atoms with Crippen LogP contribution in [0, 0.1) is 4.78 Å². The van der Waals surface area contributed by atoms with Crippen molar-refractivity contribution in [2.45, 2.75) is 253 Å². The summed E-state index contributed by atoms with van der Waals surface area (Å²) in [5.74, 6) is -1.44. The van der Waals surface area contributed by atoms with Crippen molar-refractivity contribution in [1.29, 1.82) is 4.78 Å². The zero-order valence-corrected chi connectivity index (χ0v) is 65.7. The van der Waals surface area contributed by atoms with E-state index in [1.54, 1.807) is 14.2 Å². The van der Waals surface area contributed by atoms with E-state index >= 15 is 0 Å².